The van der Waals surface area contributed by atoms with Gasteiger partial charge in [0.2, 0.25) is 11.8 Å². The summed E-state index contributed by atoms with van der Waals surface area (Å²) in [5.41, 5.74) is 2.09. The van der Waals surface area contributed by atoms with Gasteiger partial charge in [-0.1, -0.05) is 66.6 Å². The highest BCUT2D eigenvalue weighted by molar-refractivity contribution is 7.92. The predicted molar refractivity (Wildman–Crippen MR) is 154 cm³/mol. The molecule has 0 radical (unpaired) electrons. The molecular weight excluding hydrogens is 538 g/mol. The van der Waals surface area contributed by atoms with Gasteiger partial charge in [-0.25, -0.2) is 8.42 Å². The first-order valence-corrected chi connectivity index (χ1v) is 14.4. The fourth-order valence-electron chi connectivity index (χ4n) is 4.24. The Hall–Kier alpha value is -3.56. The first kappa shape index (κ1) is 30.0. The first-order chi connectivity index (χ1) is 18.6. The van der Waals surface area contributed by atoms with Crippen LogP contribution in [0.15, 0.2) is 77.7 Å². The maximum atomic E-state index is 13.9. The fraction of sp³-hybridized carbons (Fsp3) is 0.310. The number of rotatable bonds is 12. The molecule has 0 saturated heterocycles. The molecule has 0 bridgehead atoms. The van der Waals surface area contributed by atoms with Gasteiger partial charge in [-0.15, -0.1) is 0 Å². The number of sulfonamides is 1. The number of hydrogen-bond donors (Lipinski definition) is 1. The molecule has 39 heavy (non-hydrogen) atoms. The molecule has 208 valence electrons. The van der Waals surface area contributed by atoms with Crippen LogP contribution in [0.5, 0.6) is 5.75 Å². The molecular formula is C29H34ClN3O5S. The lowest BCUT2D eigenvalue weighted by Gasteiger charge is -2.33. The van der Waals surface area contributed by atoms with Gasteiger partial charge in [0.05, 0.1) is 22.7 Å². The Balaban J connectivity index is 2.04. The maximum Gasteiger partial charge on any atom is 0.264 e. The Bertz CT molecular complexity index is 1380. The molecule has 3 rings (SSSR count). The van der Waals surface area contributed by atoms with Crippen LogP contribution in [0, 0.1) is 6.92 Å². The number of anilines is 1. The van der Waals surface area contributed by atoms with Crippen molar-refractivity contribution in [1.82, 2.24) is 10.2 Å². The third-order valence-corrected chi connectivity index (χ3v) is 8.51. The van der Waals surface area contributed by atoms with E-state index in [4.69, 9.17) is 16.3 Å². The smallest absolute Gasteiger partial charge is 0.264 e. The van der Waals surface area contributed by atoms with Gasteiger partial charge in [0, 0.05) is 13.6 Å². The van der Waals surface area contributed by atoms with E-state index in [-0.39, 0.29) is 28.1 Å². The minimum atomic E-state index is -4.18. The molecule has 0 saturated carbocycles. The second-order valence-electron chi connectivity index (χ2n) is 9.00. The summed E-state index contributed by atoms with van der Waals surface area (Å²) in [5, 5.41) is 2.82. The van der Waals surface area contributed by atoms with E-state index in [1.54, 1.807) is 18.2 Å². The highest BCUT2D eigenvalue weighted by Gasteiger charge is 2.33. The molecule has 0 aromatic heterocycles. The van der Waals surface area contributed by atoms with Crippen LogP contribution in [-0.4, -0.2) is 58.4 Å². The molecule has 0 aliphatic heterocycles. The van der Waals surface area contributed by atoms with Crippen molar-refractivity contribution in [1.29, 1.82) is 0 Å². The predicted octanol–water partition coefficient (Wildman–Crippen LogP) is 4.45. The number of ether oxygens (including phenoxy) is 1. The summed E-state index contributed by atoms with van der Waals surface area (Å²) in [6.07, 6.45) is 0.860. The summed E-state index contributed by atoms with van der Waals surface area (Å²) in [5.74, 6) is -0.460. The molecule has 0 aliphatic rings. The number of amides is 2. The number of carbonyl (C=O) groups excluding carboxylic acids is 2. The van der Waals surface area contributed by atoms with Crippen molar-refractivity contribution >= 4 is 39.1 Å². The second kappa shape index (κ2) is 13.5. The molecule has 3 aromatic carbocycles. The van der Waals surface area contributed by atoms with Crippen LogP contribution in [0.3, 0.4) is 0 Å². The number of hydrogen-bond acceptors (Lipinski definition) is 5. The fourth-order valence-corrected chi connectivity index (χ4v) is 5.90. The SMILES string of the molecule is CC[C@H](C(=O)NC)N(CCc1ccccc1)C(=O)CN(c1ccc(OC)c(Cl)c1)S(=O)(=O)c1ccc(C)cc1. The number of nitrogens with one attached hydrogen (secondary N) is 1. The lowest BCUT2D eigenvalue weighted by molar-refractivity contribution is -0.139. The van der Waals surface area contributed by atoms with Gasteiger partial charge in [-0.05, 0) is 55.7 Å². The zero-order chi connectivity index (χ0) is 28.6. The Morgan fingerprint density at radius 1 is 1.03 bits per heavy atom. The van der Waals surface area contributed by atoms with Crippen LogP contribution in [0.4, 0.5) is 5.69 Å². The van der Waals surface area contributed by atoms with E-state index >= 15 is 0 Å². The quantitative estimate of drug-likeness (QED) is 0.346. The van der Waals surface area contributed by atoms with Gasteiger partial charge >= 0.3 is 0 Å². The van der Waals surface area contributed by atoms with Crippen LogP contribution in [0.2, 0.25) is 5.02 Å². The van der Waals surface area contributed by atoms with Gasteiger partial charge in [0.15, 0.2) is 0 Å². The van der Waals surface area contributed by atoms with Crippen molar-refractivity contribution in [2.24, 2.45) is 0 Å². The molecule has 2 amide bonds. The summed E-state index contributed by atoms with van der Waals surface area (Å²) in [6.45, 7) is 3.37. The third-order valence-electron chi connectivity index (χ3n) is 6.43. The Kier molecular flexibility index (Phi) is 10.4. The van der Waals surface area contributed by atoms with Crippen molar-refractivity contribution in [3.05, 3.63) is 88.9 Å². The van der Waals surface area contributed by atoms with Crippen molar-refractivity contribution in [2.75, 3.05) is 31.6 Å². The van der Waals surface area contributed by atoms with Crippen LogP contribution < -0.4 is 14.4 Å². The largest absolute Gasteiger partial charge is 0.495 e. The molecule has 0 heterocycles. The van der Waals surface area contributed by atoms with Crippen LogP contribution in [0.1, 0.15) is 24.5 Å². The average Bonchev–Trinajstić information content (AvgIpc) is 2.94. The van der Waals surface area contributed by atoms with Gasteiger partial charge < -0.3 is 15.0 Å². The van der Waals surface area contributed by atoms with E-state index in [2.05, 4.69) is 5.32 Å². The molecule has 1 atom stereocenters. The molecule has 1 N–H and O–H groups in total. The molecule has 0 fully saturated rings. The Morgan fingerprint density at radius 2 is 1.69 bits per heavy atom. The third kappa shape index (κ3) is 7.30. The normalized spacial score (nSPS) is 11.9. The summed E-state index contributed by atoms with van der Waals surface area (Å²) in [4.78, 5) is 28.1. The molecule has 8 nitrogen and oxygen atoms in total. The maximum absolute atomic E-state index is 13.9. The van der Waals surface area contributed by atoms with Gasteiger partial charge in [-0.2, -0.15) is 0 Å². The number of likely N-dealkylation sites (N-methyl/N-ethyl adjacent to an activating group) is 1. The summed E-state index contributed by atoms with van der Waals surface area (Å²) in [7, 11) is -1.21. The summed E-state index contributed by atoms with van der Waals surface area (Å²) < 4.78 is 34.0. The van der Waals surface area contributed by atoms with E-state index in [9.17, 15) is 18.0 Å². The number of nitrogens with zero attached hydrogens (tertiary/aromatic N) is 2. The number of carbonyl (C=O) groups is 2. The zero-order valence-electron chi connectivity index (χ0n) is 22.6. The average molecular weight is 572 g/mol. The van der Waals surface area contributed by atoms with Crippen LogP contribution in [-0.2, 0) is 26.0 Å². The minimum absolute atomic E-state index is 0.0296. The van der Waals surface area contributed by atoms with E-state index in [1.165, 1.54) is 43.3 Å². The van der Waals surface area contributed by atoms with Gasteiger partial charge in [-0.3, -0.25) is 13.9 Å². The molecule has 10 heteroatoms. The standard InChI is InChI=1S/C29H34ClN3O5S/c1-5-26(29(35)31-3)32(18-17-22-9-7-6-8-10-22)28(34)20-33(23-13-16-27(38-4)25(30)19-23)39(36,37)24-14-11-21(2)12-15-24/h6-16,19,26H,5,17-18,20H2,1-4H3,(H,31,35)/t26-/m1/s1. The molecule has 0 spiro atoms. The number of halogens is 1. The number of methoxy groups -OCH3 is 1. The van der Waals surface area contributed by atoms with Crippen molar-refractivity contribution < 1.29 is 22.7 Å². The molecule has 0 aliphatic carbocycles. The Labute approximate surface area is 235 Å². The van der Waals surface area contributed by atoms with Gasteiger partial charge in [0.1, 0.15) is 18.3 Å². The van der Waals surface area contributed by atoms with E-state index in [0.29, 0.717) is 18.6 Å². The van der Waals surface area contributed by atoms with E-state index < -0.39 is 28.5 Å². The first-order valence-electron chi connectivity index (χ1n) is 12.6. The summed E-state index contributed by atoms with van der Waals surface area (Å²) >= 11 is 6.35. The lowest BCUT2D eigenvalue weighted by Crippen LogP contribution is -2.52. The monoisotopic (exact) mass is 571 g/mol. The van der Waals surface area contributed by atoms with Crippen molar-refractivity contribution in [2.45, 2.75) is 37.6 Å². The zero-order valence-corrected chi connectivity index (χ0v) is 24.1. The molecule has 0 unspecified atom stereocenters. The lowest BCUT2D eigenvalue weighted by atomic mass is 10.1. The minimum Gasteiger partial charge on any atom is -0.495 e. The Morgan fingerprint density at radius 3 is 2.26 bits per heavy atom. The molecule has 3 aromatic rings. The van der Waals surface area contributed by atoms with Crippen LogP contribution in [0.25, 0.3) is 0 Å². The highest BCUT2D eigenvalue weighted by Crippen LogP contribution is 2.32. The van der Waals surface area contributed by atoms with E-state index in [0.717, 1.165) is 15.4 Å². The number of benzene rings is 3. The number of aryl methyl sites for hydroxylation is 1. The second-order valence-corrected chi connectivity index (χ2v) is 11.3. The van der Waals surface area contributed by atoms with Crippen molar-refractivity contribution in [3.8, 4) is 5.75 Å². The van der Waals surface area contributed by atoms with Gasteiger partial charge in [0.25, 0.3) is 10.0 Å². The van der Waals surface area contributed by atoms with Crippen molar-refractivity contribution in [3.63, 3.8) is 0 Å². The topological polar surface area (TPSA) is 96.0 Å². The van der Waals surface area contributed by atoms with E-state index in [1.807, 2.05) is 44.2 Å². The summed E-state index contributed by atoms with van der Waals surface area (Å²) in [6, 6.07) is 19.7. The van der Waals surface area contributed by atoms with Crippen LogP contribution >= 0.6 is 11.6 Å². The highest BCUT2D eigenvalue weighted by atomic mass is 35.5.